The van der Waals surface area contributed by atoms with E-state index in [0.29, 0.717) is 0 Å². The predicted octanol–water partition coefficient (Wildman–Crippen LogP) is 4.85. The van der Waals surface area contributed by atoms with Crippen molar-refractivity contribution < 1.29 is 0 Å². The number of pyridine rings is 2. The van der Waals surface area contributed by atoms with Crippen LogP contribution in [0.15, 0.2) is 67.3 Å². The maximum absolute atomic E-state index is 4.58. The van der Waals surface area contributed by atoms with E-state index in [2.05, 4.69) is 64.5 Å². The molecule has 3 heteroatoms. The molecule has 0 amide bonds. The summed E-state index contributed by atoms with van der Waals surface area (Å²) < 4.78 is 0. The van der Waals surface area contributed by atoms with Crippen LogP contribution >= 0.6 is 0 Å². The zero-order chi connectivity index (χ0) is 15.6. The third-order valence-corrected chi connectivity index (χ3v) is 4.21. The van der Waals surface area contributed by atoms with Gasteiger partial charge in [-0.3, -0.25) is 4.98 Å². The topological polar surface area (TPSA) is 41.6 Å². The van der Waals surface area contributed by atoms with Gasteiger partial charge in [0.1, 0.15) is 5.65 Å². The molecule has 23 heavy (non-hydrogen) atoms. The van der Waals surface area contributed by atoms with Crippen LogP contribution in [0.3, 0.4) is 0 Å². The van der Waals surface area contributed by atoms with Crippen molar-refractivity contribution in [1.29, 1.82) is 0 Å². The first-order valence-electron chi connectivity index (χ1n) is 7.82. The van der Waals surface area contributed by atoms with Crippen LogP contribution in [0.5, 0.6) is 0 Å². The second kappa shape index (κ2) is 5.69. The minimum Gasteiger partial charge on any atom is -0.346 e. The van der Waals surface area contributed by atoms with Crippen molar-refractivity contribution in [3.63, 3.8) is 0 Å². The van der Waals surface area contributed by atoms with E-state index < -0.39 is 0 Å². The van der Waals surface area contributed by atoms with E-state index >= 15 is 0 Å². The molecule has 0 unspecified atom stereocenters. The highest BCUT2D eigenvalue weighted by Gasteiger charge is 2.11. The number of H-pyrrole nitrogens is 1. The van der Waals surface area contributed by atoms with Crippen LogP contribution in [0, 0.1) is 0 Å². The lowest BCUT2D eigenvalue weighted by atomic mass is 9.97. The van der Waals surface area contributed by atoms with Gasteiger partial charge in [-0.05, 0) is 29.7 Å². The molecule has 4 rings (SSSR count). The van der Waals surface area contributed by atoms with E-state index in [1.165, 1.54) is 16.7 Å². The molecule has 4 aromatic rings. The summed E-state index contributed by atoms with van der Waals surface area (Å²) in [5, 5.41) is 1.15. The molecule has 0 bridgehead atoms. The summed E-state index contributed by atoms with van der Waals surface area (Å²) in [5.74, 6) is 0. The van der Waals surface area contributed by atoms with Gasteiger partial charge < -0.3 is 4.98 Å². The molecular weight excluding hydrogens is 282 g/mol. The highest BCUT2D eigenvalue weighted by atomic mass is 14.8. The van der Waals surface area contributed by atoms with Gasteiger partial charge in [-0.25, -0.2) is 4.98 Å². The van der Waals surface area contributed by atoms with Gasteiger partial charge in [0.05, 0.1) is 0 Å². The van der Waals surface area contributed by atoms with Gasteiger partial charge in [-0.1, -0.05) is 37.3 Å². The number of hydrogen-bond acceptors (Lipinski definition) is 2. The Bertz CT molecular complexity index is 955. The van der Waals surface area contributed by atoms with Crippen molar-refractivity contribution in [3.05, 3.63) is 72.8 Å². The van der Waals surface area contributed by atoms with Crippen LogP contribution in [0.2, 0.25) is 0 Å². The molecule has 0 aliphatic heterocycles. The monoisotopic (exact) mass is 299 g/mol. The van der Waals surface area contributed by atoms with Gasteiger partial charge in [-0.15, -0.1) is 0 Å². The fraction of sp³-hybridized carbons (Fsp3) is 0.100. The number of benzene rings is 1. The SMILES string of the molecule is CCc1ccccc1-c1c[nH]c2ncc(-c3cccnc3)cc12. The number of nitrogens with zero attached hydrogens (tertiary/aromatic N) is 2. The molecule has 0 saturated heterocycles. The molecule has 0 radical (unpaired) electrons. The third kappa shape index (κ3) is 2.40. The molecule has 0 spiro atoms. The first kappa shape index (κ1) is 13.7. The Morgan fingerprint density at radius 1 is 0.957 bits per heavy atom. The molecule has 1 aromatic carbocycles. The lowest BCUT2D eigenvalue weighted by Crippen LogP contribution is -1.87. The number of aromatic nitrogens is 3. The van der Waals surface area contributed by atoms with Crippen LogP contribution in [0.4, 0.5) is 0 Å². The van der Waals surface area contributed by atoms with Gasteiger partial charge in [0.15, 0.2) is 0 Å². The number of nitrogens with one attached hydrogen (secondary N) is 1. The first-order chi connectivity index (χ1) is 11.4. The van der Waals surface area contributed by atoms with E-state index in [-0.39, 0.29) is 0 Å². The normalized spacial score (nSPS) is 11.0. The van der Waals surface area contributed by atoms with Crippen molar-refractivity contribution in [2.75, 3.05) is 0 Å². The minimum atomic E-state index is 0.915. The summed E-state index contributed by atoms with van der Waals surface area (Å²) in [5.41, 5.74) is 6.90. The van der Waals surface area contributed by atoms with Crippen molar-refractivity contribution in [2.45, 2.75) is 13.3 Å². The van der Waals surface area contributed by atoms with Gasteiger partial charge >= 0.3 is 0 Å². The lowest BCUT2D eigenvalue weighted by molar-refractivity contribution is 1.14. The number of aryl methyl sites for hydroxylation is 1. The zero-order valence-corrected chi connectivity index (χ0v) is 13.0. The molecule has 3 heterocycles. The van der Waals surface area contributed by atoms with E-state index in [9.17, 15) is 0 Å². The summed E-state index contributed by atoms with van der Waals surface area (Å²) >= 11 is 0. The fourth-order valence-electron chi connectivity index (χ4n) is 3.01. The molecule has 0 saturated carbocycles. The number of aromatic amines is 1. The van der Waals surface area contributed by atoms with E-state index in [1.807, 2.05) is 18.5 Å². The fourth-order valence-corrected chi connectivity index (χ4v) is 3.01. The predicted molar refractivity (Wildman–Crippen MR) is 94.1 cm³/mol. The Balaban J connectivity index is 1.92. The van der Waals surface area contributed by atoms with Crippen molar-refractivity contribution >= 4 is 11.0 Å². The molecule has 0 aliphatic rings. The van der Waals surface area contributed by atoms with E-state index in [1.54, 1.807) is 6.20 Å². The molecule has 3 aromatic heterocycles. The first-order valence-corrected chi connectivity index (χ1v) is 7.82. The Labute approximate surface area is 135 Å². The van der Waals surface area contributed by atoms with Gasteiger partial charge in [-0.2, -0.15) is 0 Å². The van der Waals surface area contributed by atoms with Gasteiger partial charge in [0, 0.05) is 46.9 Å². The standard InChI is InChI=1S/C20H17N3/c1-2-14-6-3-4-8-17(14)19-13-23-20-18(19)10-16(12-22-20)15-7-5-9-21-11-15/h3-13H,2H2,1H3,(H,22,23). The van der Waals surface area contributed by atoms with Crippen LogP contribution in [-0.4, -0.2) is 15.0 Å². The van der Waals surface area contributed by atoms with Crippen LogP contribution < -0.4 is 0 Å². The Kier molecular flexibility index (Phi) is 3.39. The largest absolute Gasteiger partial charge is 0.346 e. The number of hydrogen-bond donors (Lipinski definition) is 1. The second-order valence-corrected chi connectivity index (χ2v) is 5.57. The van der Waals surface area contributed by atoms with E-state index in [4.69, 9.17) is 0 Å². The van der Waals surface area contributed by atoms with Crippen LogP contribution in [0.1, 0.15) is 12.5 Å². The second-order valence-electron chi connectivity index (χ2n) is 5.57. The highest BCUT2D eigenvalue weighted by molar-refractivity contribution is 5.96. The van der Waals surface area contributed by atoms with Crippen molar-refractivity contribution in [2.24, 2.45) is 0 Å². The lowest BCUT2D eigenvalue weighted by Gasteiger charge is -2.07. The quantitative estimate of drug-likeness (QED) is 0.587. The summed E-state index contributed by atoms with van der Waals surface area (Å²) in [6.45, 7) is 2.19. The molecule has 0 atom stereocenters. The van der Waals surface area contributed by atoms with Crippen LogP contribution in [-0.2, 0) is 6.42 Å². The third-order valence-electron chi connectivity index (χ3n) is 4.21. The highest BCUT2D eigenvalue weighted by Crippen LogP contribution is 2.32. The number of fused-ring (bicyclic) bond motifs is 1. The summed E-state index contributed by atoms with van der Waals surface area (Å²) in [6.07, 6.45) is 8.62. The Hall–Kier alpha value is -2.94. The molecule has 0 fully saturated rings. The van der Waals surface area contributed by atoms with Crippen LogP contribution in [0.25, 0.3) is 33.3 Å². The molecule has 0 aliphatic carbocycles. The summed E-state index contributed by atoms with van der Waals surface area (Å²) in [6, 6.07) is 14.7. The smallest absolute Gasteiger partial charge is 0.137 e. The molecule has 112 valence electrons. The van der Waals surface area contributed by atoms with Gasteiger partial charge in [0.25, 0.3) is 0 Å². The average molecular weight is 299 g/mol. The summed E-state index contributed by atoms with van der Waals surface area (Å²) in [7, 11) is 0. The maximum atomic E-state index is 4.58. The Morgan fingerprint density at radius 3 is 2.70 bits per heavy atom. The van der Waals surface area contributed by atoms with Crippen molar-refractivity contribution in [3.8, 4) is 22.3 Å². The molecule has 1 N–H and O–H groups in total. The number of rotatable bonds is 3. The summed E-state index contributed by atoms with van der Waals surface area (Å²) in [4.78, 5) is 12.1. The van der Waals surface area contributed by atoms with Crippen molar-refractivity contribution in [1.82, 2.24) is 15.0 Å². The van der Waals surface area contributed by atoms with E-state index in [0.717, 1.165) is 28.6 Å². The maximum Gasteiger partial charge on any atom is 0.137 e. The zero-order valence-electron chi connectivity index (χ0n) is 13.0. The Morgan fingerprint density at radius 2 is 1.87 bits per heavy atom. The molecule has 3 nitrogen and oxygen atoms in total. The molecular formula is C20H17N3. The average Bonchev–Trinajstić information content (AvgIpc) is 3.05. The van der Waals surface area contributed by atoms with Gasteiger partial charge in [0.2, 0.25) is 0 Å². The minimum absolute atomic E-state index is 0.915.